The van der Waals surface area contributed by atoms with Gasteiger partial charge >= 0.3 is 6.09 Å². The lowest BCUT2D eigenvalue weighted by atomic mass is 9.99. The number of benzene rings is 1. The highest BCUT2D eigenvalue weighted by atomic mass is 16.6. The van der Waals surface area contributed by atoms with Crippen LogP contribution in [0.1, 0.15) is 55.7 Å². The molecule has 1 fully saturated rings. The molecule has 0 N–H and O–H groups in total. The highest BCUT2D eigenvalue weighted by Gasteiger charge is 2.34. The smallest absolute Gasteiger partial charge is 0.410 e. The van der Waals surface area contributed by atoms with E-state index in [2.05, 4.69) is 24.9 Å². The van der Waals surface area contributed by atoms with Gasteiger partial charge in [0.15, 0.2) is 5.78 Å². The van der Waals surface area contributed by atoms with Crippen LogP contribution in [0.2, 0.25) is 0 Å². The summed E-state index contributed by atoms with van der Waals surface area (Å²) in [6, 6.07) is 11.3. The van der Waals surface area contributed by atoms with Gasteiger partial charge in [-0.15, -0.1) is 0 Å². The average molecular weight is 380 g/mol. The summed E-state index contributed by atoms with van der Waals surface area (Å²) >= 11 is 0. The Morgan fingerprint density at radius 1 is 1.18 bits per heavy atom. The average Bonchev–Trinajstić information content (AvgIpc) is 3.21. The largest absolute Gasteiger partial charge is 0.445 e. The van der Waals surface area contributed by atoms with E-state index >= 15 is 0 Å². The normalized spacial score (nSPS) is 16.4. The Hall–Kier alpha value is -2.69. The van der Waals surface area contributed by atoms with Crippen LogP contribution in [0.5, 0.6) is 0 Å². The number of Topliss-reactive ketones (excluding diaryl/α,β-unsaturated/α-hetero) is 1. The molecule has 5 nitrogen and oxygen atoms in total. The number of nitrogens with zero attached hydrogens (tertiary/aromatic N) is 2. The lowest BCUT2D eigenvalue weighted by molar-refractivity contribution is -0.123. The molecular weight excluding hydrogens is 352 g/mol. The van der Waals surface area contributed by atoms with Crippen molar-refractivity contribution in [2.75, 3.05) is 6.54 Å². The number of aryl methyl sites for hydroxylation is 1. The number of carbonyl (C=O) groups is 2. The molecule has 2 aromatic rings. The molecule has 1 amide bonds. The monoisotopic (exact) mass is 380 g/mol. The van der Waals surface area contributed by atoms with Gasteiger partial charge in [-0.3, -0.25) is 14.7 Å². The van der Waals surface area contributed by atoms with Gasteiger partial charge in [0.1, 0.15) is 6.61 Å². The van der Waals surface area contributed by atoms with Crippen LogP contribution in [0.4, 0.5) is 4.79 Å². The molecule has 0 radical (unpaired) electrons. The molecule has 1 saturated heterocycles. The number of hydrogen-bond donors (Lipinski definition) is 0. The molecule has 1 aliphatic rings. The summed E-state index contributed by atoms with van der Waals surface area (Å²) in [6.07, 6.45) is 5.90. The Kier molecular flexibility index (Phi) is 6.80. The van der Waals surface area contributed by atoms with E-state index in [1.54, 1.807) is 4.90 Å². The summed E-state index contributed by atoms with van der Waals surface area (Å²) in [7, 11) is 0. The molecule has 3 rings (SSSR count). The van der Waals surface area contributed by atoms with Crippen LogP contribution in [0, 0.1) is 0 Å². The highest BCUT2D eigenvalue weighted by Crippen LogP contribution is 2.22. The van der Waals surface area contributed by atoms with Crippen molar-refractivity contribution in [3.8, 4) is 0 Å². The second-order valence-corrected chi connectivity index (χ2v) is 7.64. The van der Waals surface area contributed by atoms with Gasteiger partial charge in [0, 0.05) is 25.4 Å². The SMILES string of the molecule is CC(C)c1cncc(CCC(=O)[C@@H]2CCCN2C(=O)OCc2ccccc2)c1. The predicted octanol–water partition coefficient (Wildman–Crippen LogP) is 4.51. The Morgan fingerprint density at radius 2 is 1.96 bits per heavy atom. The van der Waals surface area contributed by atoms with Gasteiger partial charge in [-0.25, -0.2) is 4.79 Å². The first kappa shape index (κ1) is 20.1. The minimum absolute atomic E-state index is 0.101. The molecule has 28 heavy (non-hydrogen) atoms. The quantitative estimate of drug-likeness (QED) is 0.709. The van der Waals surface area contributed by atoms with Crippen molar-refractivity contribution in [2.24, 2.45) is 0 Å². The van der Waals surface area contributed by atoms with Crippen LogP contribution in [0.15, 0.2) is 48.8 Å². The first-order chi connectivity index (χ1) is 13.5. The number of carbonyl (C=O) groups excluding carboxylic acids is 2. The topological polar surface area (TPSA) is 59.5 Å². The van der Waals surface area contributed by atoms with Crippen molar-refractivity contribution in [2.45, 2.75) is 58.1 Å². The van der Waals surface area contributed by atoms with Gasteiger partial charge in [-0.05, 0) is 41.9 Å². The molecule has 0 bridgehead atoms. The minimum Gasteiger partial charge on any atom is -0.445 e. The summed E-state index contributed by atoms with van der Waals surface area (Å²) in [4.78, 5) is 31.1. The molecule has 0 unspecified atom stereocenters. The van der Waals surface area contributed by atoms with Crippen LogP contribution in [0.3, 0.4) is 0 Å². The first-order valence-electron chi connectivity index (χ1n) is 9.98. The van der Waals surface area contributed by atoms with E-state index < -0.39 is 6.09 Å². The van der Waals surface area contributed by atoms with Crippen LogP contribution >= 0.6 is 0 Å². The Balaban J connectivity index is 1.53. The van der Waals surface area contributed by atoms with Gasteiger partial charge in [-0.1, -0.05) is 50.2 Å². The maximum atomic E-state index is 12.8. The van der Waals surface area contributed by atoms with E-state index in [9.17, 15) is 9.59 Å². The molecular formula is C23H28N2O3. The number of hydrogen-bond acceptors (Lipinski definition) is 4. The first-order valence-corrected chi connectivity index (χ1v) is 9.98. The zero-order valence-electron chi connectivity index (χ0n) is 16.6. The maximum Gasteiger partial charge on any atom is 0.410 e. The molecule has 5 heteroatoms. The summed E-state index contributed by atoms with van der Waals surface area (Å²) in [6.45, 7) is 5.06. The molecule has 148 valence electrons. The fraction of sp³-hybridized carbons (Fsp3) is 0.435. The number of ether oxygens (including phenoxy) is 1. The van der Waals surface area contributed by atoms with Crippen molar-refractivity contribution < 1.29 is 14.3 Å². The van der Waals surface area contributed by atoms with Crippen molar-refractivity contribution in [1.29, 1.82) is 0 Å². The highest BCUT2D eigenvalue weighted by molar-refractivity contribution is 5.88. The van der Waals surface area contributed by atoms with Gasteiger partial charge in [0.05, 0.1) is 6.04 Å². The number of aromatic nitrogens is 1. The standard InChI is InChI=1S/C23H28N2O3/c1-17(2)20-13-19(14-24-15-20)10-11-22(26)21-9-6-12-25(21)23(27)28-16-18-7-4-3-5-8-18/h3-5,7-8,13-15,17,21H,6,9-12,16H2,1-2H3/t21-/m0/s1. The van der Waals surface area contributed by atoms with E-state index in [1.807, 2.05) is 42.7 Å². The lowest BCUT2D eigenvalue weighted by Gasteiger charge is -2.23. The predicted molar refractivity (Wildman–Crippen MR) is 108 cm³/mol. The lowest BCUT2D eigenvalue weighted by Crippen LogP contribution is -2.40. The van der Waals surface area contributed by atoms with Gasteiger partial charge in [0.2, 0.25) is 0 Å². The molecule has 1 aromatic carbocycles. The molecule has 0 saturated carbocycles. The molecule has 0 aliphatic carbocycles. The van der Waals surface area contributed by atoms with Gasteiger partial charge in [-0.2, -0.15) is 0 Å². The number of ketones is 1. The Labute approximate surface area is 166 Å². The van der Waals surface area contributed by atoms with Crippen molar-refractivity contribution in [3.63, 3.8) is 0 Å². The number of pyridine rings is 1. The molecule has 1 atom stereocenters. The second-order valence-electron chi connectivity index (χ2n) is 7.64. The van der Waals surface area contributed by atoms with Crippen LogP contribution in [-0.2, 0) is 22.6 Å². The Morgan fingerprint density at radius 3 is 2.71 bits per heavy atom. The van der Waals surface area contributed by atoms with Crippen molar-refractivity contribution in [3.05, 3.63) is 65.5 Å². The van der Waals surface area contributed by atoms with Crippen LogP contribution in [0.25, 0.3) is 0 Å². The number of rotatable bonds is 7. The third-order valence-corrected chi connectivity index (χ3v) is 5.21. The van der Waals surface area contributed by atoms with Crippen LogP contribution < -0.4 is 0 Å². The number of amides is 1. The van der Waals surface area contributed by atoms with Crippen molar-refractivity contribution in [1.82, 2.24) is 9.88 Å². The van der Waals surface area contributed by atoms with E-state index in [4.69, 9.17) is 4.74 Å². The fourth-order valence-electron chi connectivity index (χ4n) is 3.52. The van der Waals surface area contributed by atoms with Crippen molar-refractivity contribution >= 4 is 11.9 Å². The minimum atomic E-state index is -0.400. The second kappa shape index (κ2) is 9.49. The van der Waals surface area contributed by atoms with Gasteiger partial charge < -0.3 is 4.74 Å². The summed E-state index contributed by atoms with van der Waals surface area (Å²) < 4.78 is 5.42. The summed E-state index contributed by atoms with van der Waals surface area (Å²) in [5.41, 5.74) is 3.18. The molecule has 1 aliphatic heterocycles. The van der Waals surface area contributed by atoms with Gasteiger partial charge in [0.25, 0.3) is 0 Å². The molecule has 0 spiro atoms. The van der Waals surface area contributed by atoms with E-state index in [0.29, 0.717) is 31.7 Å². The third-order valence-electron chi connectivity index (χ3n) is 5.21. The fourth-order valence-corrected chi connectivity index (χ4v) is 3.52. The maximum absolute atomic E-state index is 12.8. The van der Waals surface area contributed by atoms with E-state index in [1.165, 1.54) is 5.56 Å². The van der Waals surface area contributed by atoms with E-state index in [0.717, 1.165) is 17.5 Å². The summed E-state index contributed by atoms with van der Waals surface area (Å²) in [5, 5.41) is 0. The molecule has 1 aromatic heterocycles. The molecule has 2 heterocycles. The zero-order valence-corrected chi connectivity index (χ0v) is 16.6. The Bertz CT molecular complexity index is 805. The summed E-state index contributed by atoms with van der Waals surface area (Å²) in [5.74, 6) is 0.511. The number of likely N-dealkylation sites (tertiary alicyclic amines) is 1. The van der Waals surface area contributed by atoms with E-state index in [-0.39, 0.29) is 18.4 Å². The van der Waals surface area contributed by atoms with Crippen LogP contribution in [-0.4, -0.2) is 34.3 Å². The third kappa shape index (κ3) is 5.18. The zero-order chi connectivity index (χ0) is 19.9.